The van der Waals surface area contributed by atoms with Gasteiger partial charge in [0.2, 0.25) is 0 Å². The second-order valence-electron chi connectivity index (χ2n) is 12.0. The molecule has 4 heteroatoms. The molecule has 210 valence electrons. The number of aliphatic hydroxyl groups is 1. The average Bonchev–Trinajstić information content (AvgIpc) is 2.82. The summed E-state index contributed by atoms with van der Waals surface area (Å²) in [7, 11) is 0. The second-order valence-corrected chi connectivity index (χ2v) is 12.0. The minimum atomic E-state index is -0.926. The van der Waals surface area contributed by atoms with Gasteiger partial charge in [-0.1, -0.05) is 85.0 Å². The lowest BCUT2D eigenvalue weighted by molar-refractivity contribution is -0.311. The van der Waals surface area contributed by atoms with Gasteiger partial charge in [-0.25, -0.2) is 0 Å². The maximum Gasteiger partial charge on any atom is 0.0815 e. The molecule has 0 aromatic rings. The van der Waals surface area contributed by atoms with Crippen molar-refractivity contribution in [3.8, 4) is 0 Å². The van der Waals surface area contributed by atoms with Crippen LogP contribution in [0.3, 0.4) is 0 Å². The molecule has 0 bridgehead atoms. The highest BCUT2D eigenvalue weighted by molar-refractivity contribution is 5.66. The number of ether oxygens (including phenoxy) is 1. The van der Waals surface area contributed by atoms with E-state index in [-0.39, 0.29) is 24.0 Å². The van der Waals surface area contributed by atoms with E-state index in [1.807, 2.05) is 0 Å². The molecule has 1 aliphatic carbocycles. The lowest BCUT2D eigenvalue weighted by Gasteiger charge is -2.37. The van der Waals surface area contributed by atoms with E-state index < -0.39 is 5.97 Å². The lowest BCUT2D eigenvalue weighted by atomic mass is 9.76. The van der Waals surface area contributed by atoms with Crippen LogP contribution >= 0.6 is 0 Å². The number of carbonyl (C=O) groups is 1. The summed E-state index contributed by atoms with van der Waals surface area (Å²) in [5.74, 6) is 0.647. The molecule has 7 unspecified atom stereocenters. The van der Waals surface area contributed by atoms with Crippen molar-refractivity contribution in [2.45, 2.75) is 138 Å². The highest BCUT2D eigenvalue weighted by Gasteiger charge is 2.34. The van der Waals surface area contributed by atoms with E-state index in [2.05, 4.69) is 53.7 Å². The Balaban J connectivity index is 2.32. The number of carboxylic acid groups (broad SMARTS) is 1. The molecule has 0 fully saturated rings. The van der Waals surface area contributed by atoms with Gasteiger partial charge in [-0.05, 0) is 93.5 Å². The molecule has 0 spiro atoms. The number of carboxylic acids is 1. The van der Waals surface area contributed by atoms with Crippen LogP contribution in [0.15, 0.2) is 23.3 Å². The number of carbonyl (C=O) groups excluding carboxylic acids is 1. The standard InChI is InChI=1S/C32H58O4/c1-8-9-21-36-31-28(7)27(6)30(33)22-29(31)20-19-25(4)16-11-15-23(2)13-10-14-24(3)17-12-18-26(5)32(34)35/h13,22,24-28,30-31,33H,8-12,14-21H2,1-7H3,(H,34,35)/p-1/b23-13+. The molecule has 36 heavy (non-hydrogen) atoms. The number of aliphatic carboxylic acids is 1. The number of rotatable bonds is 19. The molecule has 0 saturated carbocycles. The first-order valence-electron chi connectivity index (χ1n) is 14.9. The Labute approximate surface area is 223 Å². The van der Waals surface area contributed by atoms with Crippen molar-refractivity contribution >= 4 is 5.97 Å². The highest BCUT2D eigenvalue weighted by atomic mass is 16.5. The fourth-order valence-corrected chi connectivity index (χ4v) is 5.27. The minimum Gasteiger partial charge on any atom is -0.550 e. The summed E-state index contributed by atoms with van der Waals surface area (Å²) in [6, 6.07) is 0. The Morgan fingerprint density at radius 2 is 1.69 bits per heavy atom. The SMILES string of the molecule is CCCCOC1C(CCC(C)CCC/C(C)=C/CCC(C)CCCC(C)C(=O)[O-])=CC(O)C(C)C1C. The number of hydrogen-bond donors (Lipinski definition) is 1. The van der Waals surface area contributed by atoms with Crippen LogP contribution in [0.2, 0.25) is 0 Å². The van der Waals surface area contributed by atoms with Crippen molar-refractivity contribution in [2.75, 3.05) is 6.61 Å². The molecule has 0 aromatic carbocycles. The largest absolute Gasteiger partial charge is 0.550 e. The summed E-state index contributed by atoms with van der Waals surface area (Å²) in [4.78, 5) is 10.8. The molecule has 7 atom stereocenters. The Hall–Kier alpha value is -1.13. The summed E-state index contributed by atoms with van der Waals surface area (Å²) in [6.45, 7) is 16.0. The molecule has 0 aromatic heterocycles. The topological polar surface area (TPSA) is 69.6 Å². The Morgan fingerprint density at radius 3 is 2.36 bits per heavy atom. The van der Waals surface area contributed by atoms with Gasteiger partial charge in [-0.2, -0.15) is 0 Å². The van der Waals surface area contributed by atoms with Crippen LogP contribution in [-0.4, -0.2) is 29.9 Å². The van der Waals surface area contributed by atoms with Crippen molar-refractivity contribution in [1.82, 2.24) is 0 Å². The van der Waals surface area contributed by atoms with E-state index >= 15 is 0 Å². The first-order valence-corrected chi connectivity index (χ1v) is 14.9. The smallest absolute Gasteiger partial charge is 0.0815 e. The normalized spacial score (nSPS) is 25.3. The Kier molecular flexibility index (Phi) is 16.6. The second kappa shape index (κ2) is 18.2. The number of aliphatic hydroxyl groups excluding tert-OH is 1. The first-order chi connectivity index (χ1) is 17.1. The van der Waals surface area contributed by atoms with Gasteiger partial charge in [0.05, 0.1) is 12.2 Å². The van der Waals surface area contributed by atoms with Gasteiger partial charge in [-0.3, -0.25) is 0 Å². The summed E-state index contributed by atoms with van der Waals surface area (Å²) < 4.78 is 6.29. The van der Waals surface area contributed by atoms with Crippen LogP contribution in [-0.2, 0) is 9.53 Å². The molecule has 4 nitrogen and oxygen atoms in total. The molecule has 0 aliphatic heterocycles. The van der Waals surface area contributed by atoms with Gasteiger partial charge in [0.1, 0.15) is 0 Å². The molecule has 0 saturated heterocycles. The predicted molar refractivity (Wildman–Crippen MR) is 149 cm³/mol. The molecule has 1 rings (SSSR count). The molecule has 0 heterocycles. The zero-order valence-electron chi connectivity index (χ0n) is 24.6. The van der Waals surface area contributed by atoms with Gasteiger partial charge in [0.15, 0.2) is 0 Å². The van der Waals surface area contributed by atoms with Gasteiger partial charge in [-0.15, -0.1) is 0 Å². The summed E-state index contributed by atoms with van der Waals surface area (Å²) in [5, 5.41) is 21.3. The Morgan fingerprint density at radius 1 is 1.03 bits per heavy atom. The maximum absolute atomic E-state index is 10.8. The molecular formula is C32H57O4-. The van der Waals surface area contributed by atoms with Gasteiger partial charge in [0, 0.05) is 12.6 Å². The third kappa shape index (κ3) is 12.9. The van der Waals surface area contributed by atoms with Crippen molar-refractivity contribution in [1.29, 1.82) is 0 Å². The zero-order valence-corrected chi connectivity index (χ0v) is 24.6. The number of allylic oxidation sites excluding steroid dienone is 2. The molecule has 1 N–H and O–H groups in total. The monoisotopic (exact) mass is 505 g/mol. The van der Waals surface area contributed by atoms with Crippen molar-refractivity contribution in [2.24, 2.45) is 29.6 Å². The van der Waals surface area contributed by atoms with E-state index in [0.717, 1.165) is 58.0 Å². The van der Waals surface area contributed by atoms with Crippen LogP contribution in [0, 0.1) is 29.6 Å². The van der Waals surface area contributed by atoms with Crippen LogP contribution in [0.1, 0.15) is 126 Å². The van der Waals surface area contributed by atoms with Gasteiger partial charge < -0.3 is 19.7 Å². The molecule has 1 aliphatic rings. The lowest BCUT2D eigenvalue weighted by Crippen LogP contribution is -2.39. The molecule has 0 radical (unpaired) electrons. The van der Waals surface area contributed by atoms with E-state index in [9.17, 15) is 15.0 Å². The summed E-state index contributed by atoms with van der Waals surface area (Å²) >= 11 is 0. The third-order valence-electron chi connectivity index (χ3n) is 8.47. The van der Waals surface area contributed by atoms with Crippen molar-refractivity contribution in [3.05, 3.63) is 23.3 Å². The van der Waals surface area contributed by atoms with E-state index in [1.165, 1.54) is 36.8 Å². The van der Waals surface area contributed by atoms with Crippen LogP contribution in [0.4, 0.5) is 0 Å². The van der Waals surface area contributed by atoms with Crippen LogP contribution in [0.5, 0.6) is 0 Å². The van der Waals surface area contributed by atoms with E-state index in [4.69, 9.17) is 4.74 Å². The van der Waals surface area contributed by atoms with Crippen LogP contribution < -0.4 is 5.11 Å². The minimum absolute atomic E-state index is 0.160. The number of hydrogen-bond acceptors (Lipinski definition) is 4. The summed E-state index contributed by atoms with van der Waals surface area (Å²) in [5.41, 5.74) is 2.81. The zero-order chi connectivity index (χ0) is 27.1. The third-order valence-corrected chi connectivity index (χ3v) is 8.47. The maximum atomic E-state index is 10.8. The van der Waals surface area contributed by atoms with Crippen molar-refractivity contribution < 1.29 is 19.7 Å². The highest BCUT2D eigenvalue weighted by Crippen LogP contribution is 2.35. The number of unbranched alkanes of at least 4 members (excludes halogenated alkanes) is 1. The predicted octanol–water partition coefficient (Wildman–Crippen LogP) is 7.25. The fraction of sp³-hybridized carbons (Fsp3) is 0.844. The van der Waals surface area contributed by atoms with E-state index in [1.54, 1.807) is 6.92 Å². The van der Waals surface area contributed by atoms with Gasteiger partial charge >= 0.3 is 0 Å². The first kappa shape index (κ1) is 32.9. The average molecular weight is 506 g/mol. The van der Waals surface area contributed by atoms with Gasteiger partial charge in [0.25, 0.3) is 0 Å². The molecule has 0 amide bonds. The van der Waals surface area contributed by atoms with E-state index in [0.29, 0.717) is 17.8 Å². The Bertz CT molecular complexity index is 667. The quantitative estimate of drug-likeness (QED) is 0.148. The van der Waals surface area contributed by atoms with Crippen LogP contribution in [0.25, 0.3) is 0 Å². The summed E-state index contributed by atoms with van der Waals surface area (Å²) in [6.07, 6.45) is 17.4. The molecular weight excluding hydrogens is 448 g/mol. The van der Waals surface area contributed by atoms with Crippen molar-refractivity contribution in [3.63, 3.8) is 0 Å². The fourth-order valence-electron chi connectivity index (χ4n) is 5.27.